The first-order chi connectivity index (χ1) is 10.9. The summed E-state index contributed by atoms with van der Waals surface area (Å²) in [5.74, 6) is -0.208. The molecular formula is C17H20N2O3S. The maximum Gasteiger partial charge on any atom is 0.155 e. The second kappa shape index (κ2) is 6.22. The number of nitrogens with zero attached hydrogens (tertiary/aromatic N) is 1. The predicted molar refractivity (Wildman–Crippen MR) is 91.9 cm³/mol. The molecule has 2 atom stereocenters. The van der Waals surface area contributed by atoms with E-state index in [0.717, 1.165) is 11.3 Å². The van der Waals surface area contributed by atoms with Crippen molar-refractivity contribution in [2.75, 3.05) is 22.1 Å². The Morgan fingerprint density at radius 1 is 1.04 bits per heavy atom. The summed E-state index contributed by atoms with van der Waals surface area (Å²) >= 11 is 0. The molecule has 6 heteroatoms. The van der Waals surface area contributed by atoms with Gasteiger partial charge in [-0.3, -0.25) is 0 Å². The Kier molecular flexibility index (Phi) is 4.28. The summed E-state index contributed by atoms with van der Waals surface area (Å²) < 4.78 is 23.8. The second-order valence-electron chi connectivity index (χ2n) is 5.92. The summed E-state index contributed by atoms with van der Waals surface area (Å²) in [6, 6.07) is 16.6. The topological polar surface area (TPSA) is 83.6 Å². The highest BCUT2D eigenvalue weighted by Gasteiger charge is 2.40. The van der Waals surface area contributed by atoms with Gasteiger partial charge in [0.25, 0.3) is 0 Å². The van der Waals surface area contributed by atoms with Crippen LogP contribution in [0, 0.1) is 0 Å². The van der Waals surface area contributed by atoms with Crippen LogP contribution >= 0.6 is 0 Å². The minimum atomic E-state index is -3.21. The van der Waals surface area contributed by atoms with Crippen molar-refractivity contribution in [1.29, 1.82) is 0 Å². The van der Waals surface area contributed by atoms with Crippen molar-refractivity contribution in [3.8, 4) is 0 Å². The second-order valence-corrected chi connectivity index (χ2v) is 8.07. The molecule has 2 aromatic carbocycles. The molecule has 0 aliphatic carbocycles. The lowest BCUT2D eigenvalue weighted by Gasteiger charge is -2.32. The highest BCUT2D eigenvalue weighted by Crippen LogP contribution is 2.26. The quantitative estimate of drug-likeness (QED) is 0.828. The number of rotatable bonds is 4. The molecule has 1 fully saturated rings. The van der Waals surface area contributed by atoms with Crippen molar-refractivity contribution >= 4 is 21.2 Å². The fourth-order valence-corrected chi connectivity index (χ4v) is 4.75. The van der Waals surface area contributed by atoms with Gasteiger partial charge in [-0.05, 0) is 29.8 Å². The van der Waals surface area contributed by atoms with Gasteiger partial charge in [-0.1, -0.05) is 30.3 Å². The zero-order chi connectivity index (χ0) is 16.4. The molecule has 23 heavy (non-hydrogen) atoms. The fourth-order valence-electron chi connectivity index (χ4n) is 2.95. The summed E-state index contributed by atoms with van der Waals surface area (Å²) in [4.78, 5) is 1.96. The lowest BCUT2D eigenvalue weighted by Crippen LogP contribution is -2.42. The number of hydrogen-bond donors (Lipinski definition) is 2. The Bertz CT molecular complexity index is 760. The maximum atomic E-state index is 11.9. The minimum Gasteiger partial charge on any atom is -0.399 e. The summed E-state index contributed by atoms with van der Waals surface area (Å²) in [5.41, 5.74) is 8.31. The van der Waals surface area contributed by atoms with Crippen molar-refractivity contribution in [2.45, 2.75) is 18.7 Å². The van der Waals surface area contributed by atoms with Crippen LogP contribution in [0.25, 0.3) is 0 Å². The molecule has 3 rings (SSSR count). The molecule has 0 unspecified atom stereocenters. The van der Waals surface area contributed by atoms with E-state index in [0.29, 0.717) is 12.2 Å². The highest BCUT2D eigenvalue weighted by atomic mass is 32.2. The van der Waals surface area contributed by atoms with Gasteiger partial charge < -0.3 is 15.7 Å². The Balaban J connectivity index is 1.93. The van der Waals surface area contributed by atoms with E-state index in [9.17, 15) is 13.5 Å². The number of nitrogens with two attached hydrogens (primary N) is 1. The van der Waals surface area contributed by atoms with E-state index >= 15 is 0 Å². The van der Waals surface area contributed by atoms with Crippen LogP contribution in [0.2, 0.25) is 0 Å². The van der Waals surface area contributed by atoms with Crippen LogP contribution in [-0.4, -0.2) is 37.2 Å². The van der Waals surface area contributed by atoms with E-state index in [1.807, 2.05) is 59.5 Å². The summed E-state index contributed by atoms with van der Waals surface area (Å²) in [5, 5.41) is 10.2. The molecule has 0 spiro atoms. The average molecular weight is 332 g/mol. The van der Waals surface area contributed by atoms with E-state index in [1.54, 1.807) is 0 Å². The number of benzene rings is 2. The van der Waals surface area contributed by atoms with Crippen LogP contribution in [0.4, 0.5) is 11.4 Å². The van der Waals surface area contributed by atoms with Crippen molar-refractivity contribution < 1.29 is 13.5 Å². The first kappa shape index (κ1) is 15.8. The molecule has 1 aliphatic rings. The van der Waals surface area contributed by atoms with E-state index in [4.69, 9.17) is 5.73 Å². The summed E-state index contributed by atoms with van der Waals surface area (Å²) in [6.07, 6.45) is -0.881. The minimum absolute atomic E-state index is 0.0297. The molecule has 0 saturated carbocycles. The van der Waals surface area contributed by atoms with Gasteiger partial charge in [0.15, 0.2) is 9.84 Å². The monoisotopic (exact) mass is 332 g/mol. The lowest BCUT2D eigenvalue weighted by molar-refractivity contribution is 0.178. The van der Waals surface area contributed by atoms with Crippen molar-refractivity contribution in [1.82, 2.24) is 0 Å². The summed E-state index contributed by atoms with van der Waals surface area (Å²) in [6.45, 7) is 0.515. The third kappa shape index (κ3) is 3.65. The lowest BCUT2D eigenvalue weighted by atomic mass is 10.1. The van der Waals surface area contributed by atoms with Crippen LogP contribution in [0.15, 0.2) is 54.6 Å². The molecule has 1 heterocycles. The highest BCUT2D eigenvalue weighted by molar-refractivity contribution is 7.91. The van der Waals surface area contributed by atoms with Gasteiger partial charge in [0.2, 0.25) is 0 Å². The number of anilines is 2. The first-order valence-electron chi connectivity index (χ1n) is 7.49. The van der Waals surface area contributed by atoms with Crippen LogP contribution in [-0.2, 0) is 16.4 Å². The maximum absolute atomic E-state index is 11.9. The van der Waals surface area contributed by atoms with Crippen LogP contribution in [0.5, 0.6) is 0 Å². The number of aliphatic hydroxyl groups excluding tert-OH is 1. The standard InChI is InChI=1S/C17H20N2O3S/c18-14-8-6-13(7-9-14)10-19(15-4-2-1-3-5-15)16-11-23(21,22)12-17(16)20/h1-9,16-17,20H,10-12,18H2/t16-,17+/m0/s1. The Labute approximate surface area is 136 Å². The Hall–Kier alpha value is -2.05. The van der Waals surface area contributed by atoms with Crippen LogP contribution < -0.4 is 10.6 Å². The molecule has 1 aliphatic heterocycles. The Morgan fingerprint density at radius 2 is 1.70 bits per heavy atom. The summed E-state index contributed by atoms with van der Waals surface area (Å²) in [7, 11) is -3.21. The number of aliphatic hydroxyl groups is 1. The van der Waals surface area contributed by atoms with E-state index in [2.05, 4.69) is 0 Å². The van der Waals surface area contributed by atoms with Crippen molar-refractivity contribution in [3.05, 3.63) is 60.2 Å². The smallest absolute Gasteiger partial charge is 0.155 e. The molecule has 0 amide bonds. The number of nitrogen functional groups attached to an aromatic ring is 1. The molecule has 122 valence electrons. The SMILES string of the molecule is Nc1ccc(CN(c2ccccc2)[C@H]2CS(=O)(=O)C[C@H]2O)cc1. The zero-order valence-corrected chi connectivity index (χ0v) is 13.5. The van der Waals surface area contributed by atoms with Crippen molar-refractivity contribution in [3.63, 3.8) is 0 Å². The third-order valence-corrected chi connectivity index (χ3v) is 5.81. The van der Waals surface area contributed by atoms with Crippen molar-refractivity contribution in [2.24, 2.45) is 0 Å². The number of para-hydroxylation sites is 1. The Morgan fingerprint density at radius 3 is 2.26 bits per heavy atom. The molecule has 3 N–H and O–H groups in total. The molecule has 1 saturated heterocycles. The van der Waals surface area contributed by atoms with Gasteiger partial charge in [0.1, 0.15) is 0 Å². The molecule has 0 radical (unpaired) electrons. The molecule has 2 aromatic rings. The molecule has 0 aromatic heterocycles. The molecular weight excluding hydrogens is 312 g/mol. The van der Waals surface area contributed by atoms with Gasteiger partial charge in [0.05, 0.1) is 23.7 Å². The zero-order valence-electron chi connectivity index (χ0n) is 12.7. The predicted octanol–water partition coefficient (Wildman–Crippen LogP) is 1.43. The normalized spacial score (nSPS) is 22.8. The van der Waals surface area contributed by atoms with Gasteiger partial charge in [0, 0.05) is 17.9 Å². The van der Waals surface area contributed by atoms with Gasteiger partial charge in [-0.25, -0.2) is 8.42 Å². The third-order valence-electron chi connectivity index (χ3n) is 4.11. The molecule has 5 nitrogen and oxygen atoms in total. The number of sulfone groups is 1. The largest absolute Gasteiger partial charge is 0.399 e. The van der Waals surface area contributed by atoms with Crippen LogP contribution in [0.3, 0.4) is 0 Å². The fraction of sp³-hybridized carbons (Fsp3) is 0.294. The number of hydrogen-bond acceptors (Lipinski definition) is 5. The first-order valence-corrected chi connectivity index (χ1v) is 9.31. The van der Waals surface area contributed by atoms with E-state index in [-0.39, 0.29) is 11.5 Å². The van der Waals surface area contributed by atoms with E-state index < -0.39 is 22.0 Å². The van der Waals surface area contributed by atoms with E-state index in [1.165, 1.54) is 0 Å². The van der Waals surface area contributed by atoms with Gasteiger partial charge in [-0.15, -0.1) is 0 Å². The van der Waals surface area contributed by atoms with Gasteiger partial charge >= 0.3 is 0 Å². The van der Waals surface area contributed by atoms with Gasteiger partial charge in [-0.2, -0.15) is 0 Å². The average Bonchev–Trinajstić information content (AvgIpc) is 2.80. The van der Waals surface area contributed by atoms with Crippen LogP contribution in [0.1, 0.15) is 5.56 Å². The molecule has 0 bridgehead atoms.